The van der Waals surface area contributed by atoms with E-state index < -0.39 is 0 Å². The summed E-state index contributed by atoms with van der Waals surface area (Å²) in [7, 11) is 1.62. The smallest absolute Gasteiger partial charge is 0.232 e. The molecule has 1 aromatic carbocycles. The summed E-state index contributed by atoms with van der Waals surface area (Å²) in [5, 5.41) is 10.1. The minimum atomic E-state index is 0.349. The Morgan fingerprint density at radius 1 is 1.15 bits per heavy atom. The van der Waals surface area contributed by atoms with E-state index in [0.29, 0.717) is 37.9 Å². The van der Waals surface area contributed by atoms with Crippen LogP contribution in [0, 0.1) is 11.3 Å². The standard InChI is InChI=1S/C15H16N2O3/c1-18-6-7-19-8-9-20-15-13(11-16)10-12-4-2-3-5-14(12)17-15/h2-5,10H,6-9H2,1H3. The van der Waals surface area contributed by atoms with Gasteiger partial charge in [-0.2, -0.15) is 5.26 Å². The topological polar surface area (TPSA) is 64.4 Å². The molecule has 2 aromatic rings. The number of rotatable bonds is 7. The lowest BCUT2D eigenvalue weighted by atomic mass is 10.1. The number of ether oxygens (including phenoxy) is 3. The number of para-hydroxylation sites is 1. The molecule has 0 amide bonds. The van der Waals surface area contributed by atoms with Gasteiger partial charge in [-0.25, -0.2) is 4.98 Å². The van der Waals surface area contributed by atoms with Gasteiger partial charge in [0, 0.05) is 12.5 Å². The maximum Gasteiger partial charge on any atom is 0.232 e. The molecule has 0 fully saturated rings. The molecule has 0 bridgehead atoms. The molecule has 1 heterocycles. The summed E-state index contributed by atoms with van der Waals surface area (Å²) in [6.45, 7) is 1.86. The fraction of sp³-hybridized carbons (Fsp3) is 0.333. The molecule has 1 aromatic heterocycles. The van der Waals surface area contributed by atoms with E-state index >= 15 is 0 Å². The van der Waals surface area contributed by atoms with Crippen LogP contribution in [0.3, 0.4) is 0 Å². The fourth-order valence-corrected chi connectivity index (χ4v) is 1.73. The predicted octanol–water partition coefficient (Wildman–Crippen LogP) is 2.15. The molecule has 104 valence electrons. The number of hydrogen-bond acceptors (Lipinski definition) is 5. The van der Waals surface area contributed by atoms with Gasteiger partial charge in [-0.05, 0) is 12.1 Å². The van der Waals surface area contributed by atoms with Crippen molar-refractivity contribution in [2.75, 3.05) is 33.5 Å². The second-order valence-electron chi connectivity index (χ2n) is 4.10. The maximum absolute atomic E-state index is 9.13. The number of nitrogens with zero attached hydrogens (tertiary/aromatic N) is 2. The second kappa shape index (κ2) is 7.43. The average Bonchev–Trinajstić information content (AvgIpc) is 2.50. The Kier molecular flexibility index (Phi) is 5.30. The van der Waals surface area contributed by atoms with Gasteiger partial charge in [-0.15, -0.1) is 0 Å². The van der Waals surface area contributed by atoms with Crippen molar-refractivity contribution in [3.8, 4) is 11.9 Å². The average molecular weight is 272 g/mol. The molecule has 0 saturated carbocycles. The molecule has 0 aliphatic carbocycles. The summed E-state index contributed by atoms with van der Waals surface area (Å²) in [5.74, 6) is 0.349. The lowest BCUT2D eigenvalue weighted by molar-refractivity contribution is 0.0537. The van der Waals surface area contributed by atoms with Crippen molar-refractivity contribution in [3.63, 3.8) is 0 Å². The van der Waals surface area contributed by atoms with E-state index in [9.17, 15) is 0 Å². The molecule has 0 saturated heterocycles. The van der Waals surface area contributed by atoms with Crippen LogP contribution in [0.1, 0.15) is 5.56 Å². The first kappa shape index (κ1) is 14.3. The number of benzene rings is 1. The van der Waals surface area contributed by atoms with Gasteiger partial charge in [-0.1, -0.05) is 18.2 Å². The van der Waals surface area contributed by atoms with Crippen LogP contribution < -0.4 is 4.74 Å². The van der Waals surface area contributed by atoms with Crippen molar-refractivity contribution in [1.29, 1.82) is 5.26 Å². The van der Waals surface area contributed by atoms with Gasteiger partial charge in [0.25, 0.3) is 0 Å². The number of nitriles is 1. The molecule has 2 rings (SSSR count). The molecule has 0 unspecified atom stereocenters. The molecule has 0 radical (unpaired) electrons. The van der Waals surface area contributed by atoms with Gasteiger partial charge in [0.1, 0.15) is 18.2 Å². The minimum absolute atomic E-state index is 0.349. The molecule has 5 nitrogen and oxygen atoms in total. The van der Waals surface area contributed by atoms with Crippen molar-refractivity contribution < 1.29 is 14.2 Å². The highest BCUT2D eigenvalue weighted by atomic mass is 16.5. The third-order valence-electron chi connectivity index (χ3n) is 2.71. The van der Waals surface area contributed by atoms with E-state index in [1.807, 2.05) is 24.3 Å². The van der Waals surface area contributed by atoms with Gasteiger partial charge >= 0.3 is 0 Å². The summed E-state index contributed by atoms with van der Waals surface area (Å²) in [6.07, 6.45) is 0. The number of hydrogen-bond donors (Lipinski definition) is 0. The number of aromatic nitrogens is 1. The van der Waals surface area contributed by atoms with Crippen LogP contribution in [0.5, 0.6) is 5.88 Å². The van der Waals surface area contributed by atoms with Gasteiger partial charge in [0.05, 0.1) is 25.3 Å². The monoisotopic (exact) mass is 272 g/mol. The highest BCUT2D eigenvalue weighted by Crippen LogP contribution is 2.21. The van der Waals surface area contributed by atoms with Crippen LogP contribution in [0.25, 0.3) is 10.9 Å². The first-order valence-corrected chi connectivity index (χ1v) is 6.34. The van der Waals surface area contributed by atoms with Gasteiger partial charge in [-0.3, -0.25) is 0 Å². The highest BCUT2D eigenvalue weighted by molar-refractivity contribution is 5.80. The first-order chi connectivity index (χ1) is 9.85. The molecule has 0 N–H and O–H groups in total. The molecule has 0 spiro atoms. The molecule has 5 heteroatoms. The summed E-state index contributed by atoms with van der Waals surface area (Å²) in [4.78, 5) is 4.36. The van der Waals surface area contributed by atoms with Crippen molar-refractivity contribution in [3.05, 3.63) is 35.9 Å². The first-order valence-electron chi connectivity index (χ1n) is 6.34. The summed E-state index contributed by atoms with van der Waals surface area (Å²) in [5.41, 5.74) is 1.24. The van der Waals surface area contributed by atoms with Crippen LogP contribution in [0.15, 0.2) is 30.3 Å². The largest absolute Gasteiger partial charge is 0.474 e. The Labute approximate surface area is 117 Å². The van der Waals surface area contributed by atoms with Crippen LogP contribution in [-0.4, -0.2) is 38.5 Å². The van der Waals surface area contributed by atoms with Crippen molar-refractivity contribution >= 4 is 10.9 Å². The van der Waals surface area contributed by atoms with Crippen LogP contribution in [0.2, 0.25) is 0 Å². The zero-order valence-corrected chi connectivity index (χ0v) is 11.3. The molecule has 20 heavy (non-hydrogen) atoms. The third kappa shape index (κ3) is 3.67. The Balaban J connectivity index is 2.00. The summed E-state index contributed by atoms with van der Waals surface area (Å²) >= 11 is 0. The maximum atomic E-state index is 9.13. The molecular formula is C15H16N2O3. The van der Waals surface area contributed by atoms with Crippen molar-refractivity contribution in [2.45, 2.75) is 0 Å². The second-order valence-corrected chi connectivity index (χ2v) is 4.10. The van der Waals surface area contributed by atoms with E-state index in [1.165, 1.54) is 0 Å². The molecule has 0 aliphatic heterocycles. The van der Waals surface area contributed by atoms with Gasteiger partial charge < -0.3 is 14.2 Å². The van der Waals surface area contributed by atoms with Gasteiger partial charge in [0.2, 0.25) is 5.88 Å². The van der Waals surface area contributed by atoms with E-state index in [1.54, 1.807) is 13.2 Å². The van der Waals surface area contributed by atoms with Crippen molar-refractivity contribution in [1.82, 2.24) is 4.98 Å². The molecule has 0 aliphatic rings. The fourth-order valence-electron chi connectivity index (χ4n) is 1.73. The number of fused-ring (bicyclic) bond motifs is 1. The van der Waals surface area contributed by atoms with Gasteiger partial charge in [0.15, 0.2) is 0 Å². The van der Waals surface area contributed by atoms with E-state index in [0.717, 1.165) is 10.9 Å². The Bertz CT molecular complexity index is 608. The van der Waals surface area contributed by atoms with E-state index in [-0.39, 0.29) is 0 Å². The summed E-state index contributed by atoms with van der Waals surface area (Å²) in [6, 6.07) is 11.5. The number of methoxy groups -OCH3 is 1. The van der Waals surface area contributed by atoms with Crippen LogP contribution in [-0.2, 0) is 9.47 Å². The highest BCUT2D eigenvalue weighted by Gasteiger charge is 2.07. The predicted molar refractivity (Wildman–Crippen MR) is 74.6 cm³/mol. The number of pyridine rings is 1. The minimum Gasteiger partial charge on any atom is -0.474 e. The van der Waals surface area contributed by atoms with Crippen molar-refractivity contribution in [2.24, 2.45) is 0 Å². The Hall–Kier alpha value is -2.16. The van der Waals surface area contributed by atoms with Crippen LogP contribution in [0.4, 0.5) is 0 Å². The Morgan fingerprint density at radius 3 is 2.75 bits per heavy atom. The zero-order valence-electron chi connectivity index (χ0n) is 11.3. The molecule has 0 atom stereocenters. The van der Waals surface area contributed by atoms with E-state index in [2.05, 4.69) is 11.1 Å². The Morgan fingerprint density at radius 2 is 1.95 bits per heavy atom. The van der Waals surface area contributed by atoms with E-state index in [4.69, 9.17) is 19.5 Å². The lowest BCUT2D eigenvalue weighted by Gasteiger charge is -2.08. The lowest BCUT2D eigenvalue weighted by Crippen LogP contribution is -2.11. The molecular weight excluding hydrogens is 256 g/mol. The summed E-state index contributed by atoms with van der Waals surface area (Å²) < 4.78 is 15.7. The van der Waals surface area contributed by atoms with Crippen LogP contribution >= 0.6 is 0 Å². The zero-order chi connectivity index (χ0) is 14.2. The third-order valence-corrected chi connectivity index (χ3v) is 2.71. The SMILES string of the molecule is COCCOCCOc1nc2ccccc2cc1C#N. The normalized spacial score (nSPS) is 10.4. The quantitative estimate of drug-likeness (QED) is 0.723.